The number of fused-ring (bicyclic) bond motifs is 1. The largest absolute Gasteiger partial charge is 0.433 e. The molecule has 4 rings (SSSR count). The lowest BCUT2D eigenvalue weighted by molar-refractivity contribution is -0.0493. The van der Waals surface area contributed by atoms with Gasteiger partial charge in [0.25, 0.3) is 12.3 Å². The Bertz CT molecular complexity index is 1330. The summed E-state index contributed by atoms with van der Waals surface area (Å²) in [5.74, 6) is -0.912. The van der Waals surface area contributed by atoms with Gasteiger partial charge in [0, 0.05) is 5.39 Å². The number of anilines is 2. The number of hydrogen-bond donors (Lipinski definition) is 2. The topological polar surface area (TPSA) is 77.2 Å². The number of rotatable bonds is 6. The Kier molecular flexibility index (Phi) is 6.19. The number of carbonyl (C=O) groups excluding carboxylic acids is 1. The summed E-state index contributed by atoms with van der Waals surface area (Å²) < 4.78 is 57.0. The first-order valence-corrected chi connectivity index (χ1v) is 10.5. The Morgan fingerprint density at radius 3 is 2.48 bits per heavy atom. The third kappa shape index (κ3) is 4.61. The lowest BCUT2D eigenvalue weighted by atomic mass is 10.0. The molecule has 0 aliphatic rings. The van der Waals surface area contributed by atoms with Gasteiger partial charge >= 0.3 is 6.61 Å². The first kappa shape index (κ1) is 22.5. The molecule has 3 N–H and O–H groups in total. The molecular weight excluding hydrogens is 458 g/mol. The second-order valence-corrected chi connectivity index (χ2v) is 8.12. The summed E-state index contributed by atoms with van der Waals surface area (Å²) in [7, 11) is 0. The van der Waals surface area contributed by atoms with E-state index in [4.69, 9.17) is 5.73 Å². The summed E-state index contributed by atoms with van der Waals surface area (Å²) in [6, 6.07) is 14.4. The highest BCUT2D eigenvalue weighted by Gasteiger charge is 2.24. The van der Waals surface area contributed by atoms with Crippen LogP contribution in [-0.2, 0) is 0 Å². The molecule has 33 heavy (non-hydrogen) atoms. The third-order valence-corrected chi connectivity index (χ3v) is 5.93. The predicted molar refractivity (Wildman–Crippen MR) is 120 cm³/mol. The van der Waals surface area contributed by atoms with Gasteiger partial charge in [0.05, 0.1) is 11.4 Å². The van der Waals surface area contributed by atoms with Crippen LogP contribution < -0.4 is 15.8 Å². The molecule has 0 bridgehead atoms. The highest BCUT2D eigenvalue weighted by molar-refractivity contribution is 7.21. The first-order chi connectivity index (χ1) is 15.7. The van der Waals surface area contributed by atoms with Gasteiger partial charge < -0.3 is 15.8 Å². The van der Waals surface area contributed by atoms with Gasteiger partial charge in [0.1, 0.15) is 21.2 Å². The number of halogens is 4. The average Bonchev–Trinajstić information content (AvgIpc) is 3.12. The number of nitrogens with one attached hydrogen (secondary N) is 1. The van der Waals surface area contributed by atoms with Crippen LogP contribution in [0.5, 0.6) is 5.75 Å². The molecule has 0 aliphatic carbocycles. The van der Waals surface area contributed by atoms with Gasteiger partial charge in [-0.1, -0.05) is 36.4 Å². The zero-order valence-electron chi connectivity index (χ0n) is 17.1. The van der Waals surface area contributed by atoms with Crippen LogP contribution in [0.4, 0.5) is 28.9 Å². The number of ether oxygens (including phenoxy) is 1. The van der Waals surface area contributed by atoms with Crippen molar-refractivity contribution in [1.82, 2.24) is 4.98 Å². The first-order valence-electron chi connectivity index (χ1n) is 9.68. The molecular formula is C23H17F4N3O2S. The molecule has 0 aliphatic heterocycles. The Balaban J connectivity index is 1.81. The summed E-state index contributed by atoms with van der Waals surface area (Å²) in [6.45, 7) is -1.36. The van der Waals surface area contributed by atoms with E-state index in [1.54, 1.807) is 43.3 Å². The number of alkyl halides is 4. The zero-order chi connectivity index (χ0) is 23.7. The maximum Gasteiger partial charge on any atom is 0.387 e. The maximum atomic E-state index is 13.5. The van der Waals surface area contributed by atoms with E-state index in [0.717, 1.165) is 11.3 Å². The second kappa shape index (κ2) is 9.07. The van der Waals surface area contributed by atoms with E-state index in [-0.39, 0.29) is 26.8 Å². The number of pyridine rings is 1. The molecule has 10 heteroatoms. The van der Waals surface area contributed by atoms with Crippen LogP contribution in [0.25, 0.3) is 21.3 Å². The molecule has 0 saturated heterocycles. The molecule has 4 aromatic rings. The van der Waals surface area contributed by atoms with Gasteiger partial charge in [0.15, 0.2) is 0 Å². The highest BCUT2D eigenvalue weighted by atomic mass is 32.1. The minimum absolute atomic E-state index is 0.0191. The number of nitrogens with zero attached hydrogens (tertiary/aromatic N) is 1. The zero-order valence-corrected chi connectivity index (χ0v) is 17.9. The summed E-state index contributed by atoms with van der Waals surface area (Å²) in [5, 5.41) is 2.90. The second-order valence-electron chi connectivity index (χ2n) is 7.12. The quantitative estimate of drug-likeness (QED) is 0.306. The summed E-state index contributed by atoms with van der Waals surface area (Å²) in [6.07, 6.45) is -2.82. The van der Waals surface area contributed by atoms with Crippen molar-refractivity contribution in [3.05, 3.63) is 70.7 Å². The van der Waals surface area contributed by atoms with Gasteiger partial charge in [-0.25, -0.2) is 13.8 Å². The van der Waals surface area contributed by atoms with E-state index in [1.807, 2.05) is 0 Å². The summed E-state index contributed by atoms with van der Waals surface area (Å²) in [5.41, 5.74) is 7.67. The Hall–Kier alpha value is -3.66. The minimum Gasteiger partial charge on any atom is -0.433 e. The molecule has 2 aromatic heterocycles. The van der Waals surface area contributed by atoms with Crippen LogP contribution in [0.15, 0.2) is 54.6 Å². The van der Waals surface area contributed by atoms with E-state index < -0.39 is 24.6 Å². The molecule has 2 aromatic carbocycles. The van der Waals surface area contributed by atoms with Gasteiger partial charge in [0.2, 0.25) is 0 Å². The average molecular weight is 475 g/mol. The molecule has 170 valence electrons. The third-order valence-electron chi connectivity index (χ3n) is 4.83. The number of thiophene rings is 1. The molecule has 0 saturated carbocycles. The molecule has 0 atom stereocenters. The SMILES string of the molecule is Cc1ccc(OC(F)F)c(NC(=O)c2sc3nc(C(F)F)cc(-c4ccccc4)c3c2N)c1. The highest BCUT2D eigenvalue weighted by Crippen LogP contribution is 2.41. The molecule has 1 amide bonds. The molecule has 5 nitrogen and oxygen atoms in total. The Morgan fingerprint density at radius 1 is 1.09 bits per heavy atom. The number of nitrogen functional groups attached to an aromatic ring is 1. The van der Waals surface area contributed by atoms with Crippen LogP contribution in [-0.4, -0.2) is 17.5 Å². The van der Waals surface area contributed by atoms with Crippen molar-refractivity contribution >= 4 is 38.8 Å². The predicted octanol–water partition coefficient (Wildman–Crippen LogP) is 6.65. The van der Waals surface area contributed by atoms with Crippen molar-refractivity contribution in [3.63, 3.8) is 0 Å². The number of hydrogen-bond acceptors (Lipinski definition) is 5. The fourth-order valence-electron chi connectivity index (χ4n) is 3.39. The standard InChI is InChI=1S/C23H17F4N3O2S/c1-11-7-8-16(32-23(26)27)14(9-11)29-21(31)19-18(28)17-13(12-5-3-2-4-6-12)10-15(20(24)25)30-22(17)33-19/h2-10,20,23H,28H2,1H3,(H,29,31). The van der Waals surface area contributed by atoms with Crippen molar-refractivity contribution in [2.75, 3.05) is 11.1 Å². The minimum atomic E-state index is -3.08. The Labute approximate surface area is 189 Å². The number of carbonyl (C=O) groups is 1. The number of aryl methyl sites for hydroxylation is 1. The summed E-state index contributed by atoms with van der Waals surface area (Å²) in [4.78, 5) is 17.2. The summed E-state index contributed by atoms with van der Waals surface area (Å²) >= 11 is 0.845. The maximum absolute atomic E-state index is 13.5. The number of amides is 1. The van der Waals surface area contributed by atoms with Gasteiger partial charge in [-0.3, -0.25) is 4.79 Å². The van der Waals surface area contributed by atoms with E-state index in [1.165, 1.54) is 18.2 Å². The van der Waals surface area contributed by atoms with Crippen molar-refractivity contribution < 1.29 is 27.1 Å². The van der Waals surface area contributed by atoms with Gasteiger partial charge in [-0.15, -0.1) is 11.3 Å². The van der Waals surface area contributed by atoms with Crippen LogP contribution in [0.1, 0.15) is 27.4 Å². The lowest BCUT2D eigenvalue weighted by Gasteiger charge is -2.12. The number of benzene rings is 2. The van der Waals surface area contributed by atoms with Crippen LogP contribution in [0.2, 0.25) is 0 Å². The lowest BCUT2D eigenvalue weighted by Crippen LogP contribution is -2.14. The normalized spacial score (nSPS) is 11.4. The smallest absolute Gasteiger partial charge is 0.387 e. The van der Waals surface area contributed by atoms with Crippen molar-refractivity contribution in [1.29, 1.82) is 0 Å². The van der Waals surface area contributed by atoms with Crippen LogP contribution in [0, 0.1) is 6.92 Å². The fraction of sp³-hybridized carbons (Fsp3) is 0.130. The number of nitrogens with two attached hydrogens (primary N) is 1. The molecule has 0 fully saturated rings. The van der Waals surface area contributed by atoms with Gasteiger partial charge in [-0.2, -0.15) is 8.78 Å². The number of aromatic nitrogens is 1. The van der Waals surface area contributed by atoms with Crippen LogP contribution >= 0.6 is 11.3 Å². The molecule has 0 unspecified atom stereocenters. The van der Waals surface area contributed by atoms with Crippen molar-refractivity contribution in [2.45, 2.75) is 20.0 Å². The van der Waals surface area contributed by atoms with E-state index >= 15 is 0 Å². The van der Waals surface area contributed by atoms with E-state index in [9.17, 15) is 22.4 Å². The molecule has 0 spiro atoms. The van der Waals surface area contributed by atoms with Gasteiger partial charge in [-0.05, 0) is 41.8 Å². The van der Waals surface area contributed by atoms with Crippen molar-refractivity contribution in [2.24, 2.45) is 0 Å². The van der Waals surface area contributed by atoms with Crippen LogP contribution in [0.3, 0.4) is 0 Å². The Morgan fingerprint density at radius 2 is 1.82 bits per heavy atom. The van der Waals surface area contributed by atoms with Crippen molar-refractivity contribution in [3.8, 4) is 16.9 Å². The molecule has 0 radical (unpaired) electrons. The van der Waals surface area contributed by atoms with E-state index in [0.29, 0.717) is 22.1 Å². The molecule has 2 heterocycles. The monoisotopic (exact) mass is 475 g/mol. The fourth-order valence-corrected chi connectivity index (χ4v) is 4.41. The van der Waals surface area contributed by atoms with E-state index in [2.05, 4.69) is 15.0 Å².